The number of hydrogen-bond acceptors (Lipinski definition) is 4. The van der Waals surface area contributed by atoms with Crippen molar-refractivity contribution in [3.05, 3.63) is 103 Å². The van der Waals surface area contributed by atoms with Crippen LogP contribution in [0.4, 0.5) is 0 Å². The van der Waals surface area contributed by atoms with Crippen LogP contribution in [0.2, 0.25) is 0 Å². The van der Waals surface area contributed by atoms with Crippen molar-refractivity contribution in [3.63, 3.8) is 0 Å². The SMILES string of the molecule is N=NCc1cccn1-c1ccc(P(c2ccccc2)c2ccccc2S(=O)(=O)O)cc1. The Bertz CT molecular complexity index is 1300. The summed E-state index contributed by atoms with van der Waals surface area (Å²) in [5.74, 6) is 0. The van der Waals surface area contributed by atoms with Crippen LogP contribution in [-0.2, 0) is 16.7 Å². The highest BCUT2D eigenvalue weighted by atomic mass is 32.2. The van der Waals surface area contributed by atoms with E-state index < -0.39 is 18.0 Å². The number of rotatable bonds is 7. The molecular weight excluding hydrogens is 429 g/mol. The molecule has 1 heterocycles. The third-order valence-corrected chi connectivity index (χ3v) is 8.42. The van der Waals surface area contributed by atoms with Gasteiger partial charge in [-0.25, -0.2) is 5.53 Å². The van der Waals surface area contributed by atoms with Gasteiger partial charge in [-0.1, -0.05) is 60.7 Å². The van der Waals surface area contributed by atoms with Gasteiger partial charge in [-0.15, -0.1) is 0 Å². The minimum Gasteiger partial charge on any atom is -0.319 e. The van der Waals surface area contributed by atoms with Crippen LogP contribution >= 0.6 is 7.92 Å². The molecule has 4 aromatic rings. The van der Waals surface area contributed by atoms with E-state index in [9.17, 15) is 13.0 Å². The Morgan fingerprint density at radius 3 is 2.16 bits per heavy atom. The van der Waals surface area contributed by atoms with Gasteiger partial charge in [0.25, 0.3) is 10.1 Å². The summed E-state index contributed by atoms with van der Waals surface area (Å²) in [4.78, 5) is -0.0706. The van der Waals surface area contributed by atoms with Gasteiger partial charge in [0.15, 0.2) is 0 Å². The third-order valence-electron chi connectivity index (χ3n) is 4.86. The molecule has 0 aliphatic heterocycles. The number of nitrogens with one attached hydrogen (secondary N) is 1. The fourth-order valence-corrected chi connectivity index (χ4v) is 7.01. The molecule has 0 fully saturated rings. The van der Waals surface area contributed by atoms with Crippen molar-refractivity contribution in [1.29, 1.82) is 5.53 Å². The molecule has 8 heteroatoms. The van der Waals surface area contributed by atoms with E-state index in [2.05, 4.69) is 5.11 Å². The summed E-state index contributed by atoms with van der Waals surface area (Å²) in [5, 5.41) is 5.99. The topological polar surface area (TPSA) is 95.5 Å². The summed E-state index contributed by atoms with van der Waals surface area (Å²) in [6.07, 6.45) is 1.92. The van der Waals surface area contributed by atoms with E-state index in [1.54, 1.807) is 18.2 Å². The molecule has 1 aromatic heterocycles. The Kier molecular flexibility index (Phi) is 6.09. The van der Waals surface area contributed by atoms with Crippen LogP contribution in [0.5, 0.6) is 0 Å². The van der Waals surface area contributed by atoms with E-state index in [1.165, 1.54) is 6.07 Å². The minimum absolute atomic E-state index is 0.0706. The molecular formula is C23H20N3O3PS. The van der Waals surface area contributed by atoms with Crippen molar-refractivity contribution in [2.45, 2.75) is 11.4 Å². The molecule has 0 aliphatic rings. The standard InChI is InChI=1S/C23H20N3O3PS/c24-25-17-19-7-6-16-26(19)18-12-14-21(15-13-18)30(20-8-2-1-3-9-20)22-10-4-5-11-23(22)31(27,28)29/h1-16,24H,17H2,(H,27,28,29). The van der Waals surface area contributed by atoms with Gasteiger partial charge in [0, 0.05) is 22.9 Å². The zero-order valence-corrected chi connectivity index (χ0v) is 18.2. The van der Waals surface area contributed by atoms with Crippen molar-refractivity contribution in [2.75, 3.05) is 0 Å². The van der Waals surface area contributed by atoms with E-state index in [0.717, 1.165) is 22.0 Å². The maximum Gasteiger partial charge on any atom is 0.295 e. The smallest absolute Gasteiger partial charge is 0.295 e. The van der Waals surface area contributed by atoms with Crippen molar-refractivity contribution in [2.24, 2.45) is 5.11 Å². The fourth-order valence-electron chi connectivity index (χ4n) is 3.50. The van der Waals surface area contributed by atoms with Crippen LogP contribution in [0, 0.1) is 5.53 Å². The van der Waals surface area contributed by atoms with E-state index in [-0.39, 0.29) is 4.90 Å². The summed E-state index contributed by atoms with van der Waals surface area (Å²) in [5.41, 5.74) is 8.97. The molecule has 0 saturated heterocycles. The Morgan fingerprint density at radius 1 is 0.839 bits per heavy atom. The lowest BCUT2D eigenvalue weighted by atomic mass is 10.3. The molecule has 0 aliphatic carbocycles. The minimum atomic E-state index is -4.37. The van der Waals surface area contributed by atoms with E-state index in [1.807, 2.05) is 77.5 Å². The van der Waals surface area contributed by atoms with Gasteiger partial charge in [-0.3, -0.25) is 4.55 Å². The lowest BCUT2D eigenvalue weighted by Gasteiger charge is -2.21. The van der Waals surface area contributed by atoms with Crippen molar-refractivity contribution >= 4 is 34.0 Å². The molecule has 2 N–H and O–H groups in total. The molecule has 1 unspecified atom stereocenters. The third kappa shape index (κ3) is 4.49. The van der Waals surface area contributed by atoms with Gasteiger partial charge in [0.1, 0.15) is 11.4 Å². The van der Waals surface area contributed by atoms with E-state index in [4.69, 9.17) is 5.53 Å². The Morgan fingerprint density at radius 2 is 1.48 bits per heavy atom. The second kappa shape index (κ2) is 8.94. The normalized spacial score (nSPS) is 12.4. The van der Waals surface area contributed by atoms with Crippen LogP contribution in [0.1, 0.15) is 5.69 Å². The quantitative estimate of drug-likeness (QED) is 0.254. The summed E-state index contributed by atoms with van der Waals surface area (Å²) >= 11 is 0. The predicted molar refractivity (Wildman–Crippen MR) is 123 cm³/mol. The molecule has 0 amide bonds. The monoisotopic (exact) mass is 449 g/mol. The zero-order chi connectivity index (χ0) is 21.8. The number of nitrogens with zero attached hydrogens (tertiary/aromatic N) is 2. The highest BCUT2D eigenvalue weighted by molar-refractivity contribution is 7.88. The van der Waals surface area contributed by atoms with Gasteiger partial charge in [-0.05, 0) is 48.9 Å². The molecule has 0 radical (unpaired) electrons. The maximum absolute atomic E-state index is 12.1. The average Bonchev–Trinajstić information content (AvgIpc) is 3.23. The first-order valence-corrected chi connectivity index (χ1v) is 12.3. The van der Waals surface area contributed by atoms with Crippen LogP contribution in [0.15, 0.2) is 107 Å². The lowest BCUT2D eigenvalue weighted by Crippen LogP contribution is -2.24. The number of hydrogen-bond donors (Lipinski definition) is 2. The second-order valence-corrected chi connectivity index (χ2v) is 10.4. The lowest BCUT2D eigenvalue weighted by molar-refractivity contribution is 0.484. The largest absolute Gasteiger partial charge is 0.319 e. The van der Waals surface area contributed by atoms with Crippen LogP contribution in [-0.4, -0.2) is 17.5 Å². The van der Waals surface area contributed by atoms with Gasteiger partial charge in [0.05, 0.1) is 0 Å². The molecule has 0 bridgehead atoms. The van der Waals surface area contributed by atoms with Gasteiger partial charge < -0.3 is 4.57 Å². The van der Waals surface area contributed by atoms with Crippen molar-refractivity contribution in [1.82, 2.24) is 4.57 Å². The highest BCUT2D eigenvalue weighted by Gasteiger charge is 2.24. The van der Waals surface area contributed by atoms with Crippen LogP contribution < -0.4 is 15.9 Å². The van der Waals surface area contributed by atoms with Gasteiger partial charge in [0.2, 0.25) is 0 Å². The zero-order valence-electron chi connectivity index (χ0n) is 16.5. The molecule has 0 spiro atoms. The number of aromatic nitrogens is 1. The summed E-state index contributed by atoms with van der Waals surface area (Å²) < 4.78 is 35.9. The molecule has 0 saturated carbocycles. The summed E-state index contributed by atoms with van der Waals surface area (Å²) in [7, 11) is -5.58. The molecule has 156 valence electrons. The highest BCUT2D eigenvalue weighted by Crippen LogP contribution is 2.35. The predicted octanol–water partition coefficient (Wildman–Crippen LogP) is 4.01. The molecule has 4 rings (SSSR count). The van der Waals surface area contributed by atoms with Crippen LogP contribution in [0.25, 0.3) is 5.69 Å². The number of benzene rings is 3. The van der Waals surface area contributed by atoms with Gasteiger partial charge >= 0.3 is 0 Å². The first-order chi connectivity index (χ1) is 15.0. The van der Waals surface area contributed by atoms with Crippen molar-refractivity contribution in [3.8, 4) is 5.69 Å². The van der Waals surface area contributed by atoms with E-state index >= 15 is 0 Å². The van der Waals surface area contributed by atoms with Gasteiger partial charge in [-0.2, -0.15) is 13.5 Å². The Hall–Kier alpha value is -3.12. The molecule has 31 heavy (non-hydrogen) atoms. The fraction of sp³-hybridized carbons (Fsp3) is 0.0435. The molecule has 6 nitrogen and oxygen atoms in total. The first kappa shape index (κ1) is 21.1. The maximum atomic E-state index is 12.1. The molecule has 1 atom stereocenters. The van der Waals surface area contributed by atoms with Crippen LogP contribution in [0.3, 0.4) is 0 Å². The Balaban J connectivity index is 1.83. The molecule has 3 aromatic carbocycles. The van der Waals surface area contributed by atoms with Crippen molar-refractivity contribution < 1.29 is 13.0 Å². The average molecular weight is 449 g/mol. The summed E-state index contributed by atoms with van der Waals surface area (Å²) in [6, 6.07) is 28.0. The second-order valence-electron chi connectivity index (χ2n) is 6.82. The van der Waals surface area contributed by atoms with E-state index in [0.29, 0.717) is 11.8 Å². The Labute approximate surface area is 182 Å². The summed E-state index contributed by atoms with van der Waals surface area (Å²) in [6.45, 7) is 0.299. The first-order valence-electron chi connectivity index (χ1n) is 9.50.